The van der Waals surface area contributed by atoms with Crippen LogP contribution in [0.5, 0.6) is 0 Å². The molecule has 1 aliphatic heterocycles. The molecule has 0 spiro atoms. The average molecular weight is 313 g/mol. The molecule has 0 aliphatic carbocycles. The van der Waals surface area contributed by atoms with Gasteiger partial charge >= 0.3 is 5.97 Å². The van der Waals surface area contributed by atoms with Crippen molar-refractivity contribution in [3.8, 4) is 0 Å². The minimum atomic E-state index is -0.879. The van der Waals surface area contributed by atoms with Crippen molar-refractivity contribution in [1.82, 2.24) is 0 Å². The summed E-state index contributed by atoms with van der Waals surface area (Å²) in [7, 11) is 0. The van der Waals surface area contributed by atoms with Crippen molar-refractivity contribution in [3.05, 3.63) is 32.8 Å². The van der Waals surface area contributed by atoms with Gasteiger partial charge in [0.1, 0.15) is 11.1 Å². The molecule has 7 heteroatoms. The molecular weight excluding hydrogens is 296 g/mol. The monoisotopic (exact) mass is 312 g/mol. The van der Waals surface area contributed by atoms with Gasteiger partial charge < -0.3 is 10.0 Å². The quantitative estimate of drug-likeness (QED) is 0.684. The van der Waals surface area contributed by atoms with Crippen LogP contribution in [0.25, 0.3) is 0 Å². The largest absolute Gasteiger partial charge is 0.480 e. The second-order valence-corrected chi connectivity index (χ2v) is 5.93. The molecule has 0 radical (unpaired) electrons. The van der Waals surface area contributed by atoms with E-state index < -0.39 is 16.9 Å². The van der Waals surface area contributed by atoms with Gasteiger partial charge in [0.2, 0.25) is 0 Å². The molecular formula is C14H17ClN2O4. The first-order valence-electron chi connectivity index (χ1n) is 6.75. The lowest BCUT2D eigenvalue weighted by Crippen LogP contribution is -2.47. The van der Waals surface area contributed by atoms with Gasteiger partial charge in [-0.15, -0.1) is 0 Å². The van der Waals surface area contributed by atoms with Crippen LogP contribution in [0.2, 0.25) is 5.02 Å². The van der Waals surface area contributed by atoms with E-state index in [1.54, 1.807) is 11.8 Å². The summed E-state index contributed by atoms with van der Waals surface area (Å²) in [5.41, 5.74) is 1.16. The molecule has 1 heterocycles. The second-order valence-electron chi connectivity index (χ2n) is 5.52. The molecule has 0 saturated carbocycles. The Balaban J connectivity index is 2.42. The Hall–Kier alpha value is -1.82. The lowest BCUT2D eigenvalue weighted by molar-refractivity contribution is -0.384. The van der Waals surface area contributed by atoms with E-state index >= 15 is 0 Å². The van der Waals surface area contributed by atoms with Crippen molar-refractivity contribution in [2.45, 2.75) is 32.7 Å². The van der Waals surface area contributed by atoms with E-state index in [9.17, 15) is 20.0 Å². The summed E-state index contributed by atoms with van der Waals surface area (Å²) in [4.78, 5) is 23.6. The molecule has 21 heavy (non-hydrogen) atoms. The number of halogens is 1. The third kappa shape index (κ3) is 3.10. The highest BCUT2D eigenvalue weighted by Gasteiger charge is 2.33. The van der Waals surface area contributed by atoms with E-state index in [4.69, 9.17) is 11.6 Å². The number of piperidine rings is 1. The number of aliphatic carboxylic acids is 1. The van der Waals surface area contributed by atoms with Crippen LogP contribution in [0, 0.1) is 23.0 Å². The number of benzene rings is 1. The fourth-order valence-corrected chi connectivity index (χ4v) is 3.00. The zero-order valence-corrected chi connectivity index (χ0v) is 12.6. The highest BCUT2D eigenvalue weighted by atomic mass is 35.5. The number of aryl methyl sites for hydroxylation is 1. The molecule has 6 nitrogen and oxygen atoms in total. The fraction of sp³-hybridized carbons (Fsp3) is 0.500. The first kappa shape index (κ1) is 15.6. The van der Waals surface area contributed by atoms with Crippen LogP contribution in [0.3, 0.4) is 0 Å². The van der Waals surface area contributed by atoms with Crippen molar-refractivity contribution in [2.24, 2.45) is 5.92 Å². The Morgan fingerprint density at radius 1 is 1.52 bits per heavy atom. The Kier molecular flexibility index (Phi) is 4.37. The third-order valence-electron chi connectivity index (χ3n) is 3.92. The van der Waals surface area contributed by atoms with Crippen LogP contribution < -0.4 is 4.90 Å². The molecule has 1 aromatic rings. The van der Waals surface area contributed by atoms with Gasteiger partial charge in [-0.1, -0.05) is 18.5 Å². The maximum absolute atomic E-state index is 11.5. The Bertz CT molecular complexity index is 591. The molecule has 1 N–H and O–H groups in total. The second kappa shape index (κ2) is 5.89. The Morgan fingerprint density at radius 3 is 2.76 bits per heavy atom. The van der Waals surface area contributed by atoms with Crippen LogP contribution in [-0.4, -0.2) is 28.6 Å². The van der Waals surface area contributed by atoms with Crippen LogP contribution in [0.4, 0.5) is 11.4 Å². The zero-order valence-electron chi connectivity index (χ0n) is 11.9. The summed E-state index contributed by atoms with van der Waals surface area (Å²) in [6.45, 7) is 4.37. The average Bonchev–Trinajstić information content (AvgIpc) is 2.40. The third-order valence-corrected chi connectivity index (χ3v) is 4.22. The minimum absolute atomic E-state index is 0.0309. The molecule has 1 saturated heterocycles. The number of hydrogen-bond donors (Lipinski definition) is 1. The molecule has 1 fully saturated rings. The number of nitro benzene ring substituents is 1. The van der Waals surface area contributed by atoms with Crippen LogP contribution >= 0.6 is 11.6 Å². The predicted molar refractivity (Wildman–Crippen MR) is 80.0 cm³/mol. The van der Waals surface area contributed by atoms with E-state index in [-0.39, 0.29) is 10.7 Å². The highest BCUT2D eigenvalue weighted by molar-refractivity contribution is 6.33. The number of anilines is 1. The number of carboxylic acids is 1. The molecule has 2 atom stereocenters. The summed E-state index contributed by atoms with van der Waals surface area (Å²) >= 11 is 5.96. The fourth-order valence-electron chi connectivity index (χ4n) is 2.77. The van der Waals surface area contributed by atoms with E-state index in [1.165, 1.54) is 12.1 Å². The van der Waals surface area contributed by atoms with Crippen molar-refractivity contribution in [3.63, 3.8) is 0 Å². The molecule has 2 rings (SSSR count). The standard InChI is InChI=1S/C14H17ClN2O4/c1-8-3-4-16(13(5-8)14(18)19)11-7-10(15)12(17(20)21)6-9(11)2/h6-8,13H,3-5H2,1-2H3,(H,18,19). The summed E-state index contributed by atoms with van der Waals surface area (Å²) < 4.78 is 0. The Morgan fingerprint density at radius 2 is 2.19 bits per heavy atom. The summed E-state index contributed by atoms with van der Waals surface area (Å²) in [5, 5.41) is 20.3. The van der Waals surface area contributed by atoms with Crippen LogP contribution in [0.15, 0.2) is 12.1 Å². The maximum atomic E-state index is 11.5. The molecule has 0 amide bonds. The van der Waals surface area contributed by atoms with Gasteiger partial charge in [-0.3, -0.25) is 10.1 Å². The van der Waals surface area contributed by atoms with Crippen molar-refractivity contribution < 1.29 is 14.8 Å². The zero-order chi connectivity index (χ0) is 15.7. The normalized spacial score (nSPS) is 22.1. The van der Waals surface area contributed by atoms with Crippen LogP contribution in [0.1, 0.15) is 25.3 Å². The molecule has 114 valence electrons. The van der Waals surface area contributed by atoms with Gasteiger partial charge in [-0.25, -0.2) is 4.79 Å². The molecule has 2 unspecified atom stereocenters. The number of nitrogens with zero attached hydrogens (tertiary/aromatic N) is 2. The summed E-state index contributed by atoms with van der Waals surface area (Å²) in [5.74, 6) is -0.536. The van der Waals surface area contributed by atoms with Crippen molar-refractivity contribution >= 4 is 28.9 Å². The van der Waals surface area contributed by atoms with E-state index in [2.05, 4.69) is 0 Å². The van der Waals surface area contributed by atoms with Crippen molar-refractivity contribution in [2.75, 3.05) is 11.4 Å². The maximum Gasteiger partial charge on any atom is 0.326 e. The first-order valence-corrected chi connectivity index (χ1v) is 7.13. The first-order chi connectivity index (χ1) is 9.81. The highest BCUT2D eigenvalue weighted by Crippen LogP contribution is 2.36. The molecule has 0 bridgehead atoms. The number of carbonyl (C=O) groups is 1. The summed E-state index contributed by atoms with van der Waals surface area (Å²) in [6, 6.07) is 2.28. The van der Waals surface area contributed by atoms with E-state index in [0.717, 1.165) is 6.42 Å². The van der Waals surface area contributed by atoms with Crippen molar-refractivity contribution in [1.29, 1.82) is 0 Å². The van der Waals surface area contributed by atoms with Gasteiger partial charge in [0, 0.05) is 18.3 Å². The lowest BCUT2D eigenvalue weighted by Gasteiger charge is -2.38. The van der Waals surface area contributed by atoms with E-state index in [0.29, 0.717) is 30.1 Å². The van der Waals surface area contributed by atoms with Gasteiger partial charge in [0.25, 0.3) is 5.69 Å². The SMILES string of the molecule is Cc1cc([N+](=O)[O-])c(Cl)cc1N1CCC(C)CC1C(=O)O. The minimum Gasteiger partial charge on any atom is -0.480 e. The Labute approximate surface area is 127 Å². The molecule has 1 aliphatic rings. The van der Waals surface area contributed by atoms with Gasteiger partial charge in [0.15, 0.2) is 0 Å². The van der Waals surface area contributed by atoms with Crippen LogP contribution in [-0.2, 0) is 4.79 Å². The summed E-state index contributed by atoms with van der Waals surface area (Å²) in [6.07, 6.45) is 1.45. The van der Waals surface area contributed by atoms with E-state index in [1.807, 2.05) is 6.92 Å². The lowest BCUT2D eigenvalue weighted by atomic mass is 9.91. The number of carboxylic acid groups (broad SMARTS) is 1. The van der Waals surface area contributed by atoms with Gasteiger partial charge in [-0.2, -0.15) is 0 Å². The predicted octanol–water partition coefficient (Wildman–Crippen LogP) is 3.25. The molecule has 0 aromatic heterocycles. The topological polar surface area (TPSA) is 83.7 Å². The number of nitro groups is 1. The number of hydrogen-bond acceptors (Lipinski definition) is 4. The number of rotatable bonds is 3. The molecule has 1 aromatic carbocycles. The van der Waals surface area contributed by atoms with Gasteiger partial charge in [-0.05, 0) is 37.3 Å². The smallest absolute Gasteiger partial charge is 0.326 e. The van der Waals surface area contributed by atoms with Gasteiger partial charge in [0.05, 0.1) is 4.92 Å².